The van der Waals surface area contributed by atoms with E-state index in [1.165, 1.54) is 11.6 Å². The zero-order chi connectivity index (χ0) is 21.2. The van der Waals surface area contributed by atoms with Crippen LogP contribution >= 0.6 is 0 Å². The van der Waals surface area contributed by atoms with E-state index in [1.54, 1.807) is 13.0 Å². The number of hydrogen-bond donors (Lipinski definition) is 1. The first kappa shape index (κ1) is 21.5. The molecule has 1 unspecified atom stereocenters. The van der Waals surface area contributed by atoms with Gasteiger partial charge in [-0.05, 0) is 24.1 Å². The van der Waals surface area contributed by atoms with E-state index in [2.05, 4.69) is 34.5 Å². The first-order valence-corrected chi connectivity index (χ1v) is 10.4. The molecule has 156 valence electrons. The molecule has 0 aromatic heterocycles. The predicted molar refractivity (Wildman–Crippen MR) is 122 cm³/mol. The lowest BCUT2D eigenvalue weighted by Crippen LogP contribution is -2.54. The van der Waals surface area contributed by atoms with Gasteiger partial charge in [-0.2, -0.15) is 0 Å². The highest BCUT2D eigenvalue weighted by Crippen LogP contribution is 2.06. The van der Waals surface area contributed by atoms with E-state index in [1.807, 2.05) is 53.4 Å². The first-order chi connectivity index (χ1) is 14.6. The highest BCUT2D eigenvalue weighted by molar-refractivity contribution is 5.95. The number of hydrogen-bond acceptors (Lipinski definition) is 3. The molecule has 1 saturated heterocycles. The molecule has 3 rings (SSSR count). The number of nitrogens with zero attached hydrogens (tertiary/aromatic N) is 2. The van der Waals surface area contributed by atoms with Gasteiger partial charge in [-0.3, -0.25) is 14.5 Å². The molecule has 1 atom stereocenters. The van der Waals surface area contributed by atoms with Crippen LogP contribution in [0.1, 0.15) is 18.1 Å². The molecule has 30 heavy (non-hydrogen) atoms. The fourth-order valence-electron chi connectivity index (χ4n) is 3.39. The van der Waals surface area contributed by atoms with Crippen LogP contribution in [0.15, 0.2) is 72.8 Å². The van der Waals surface area contributed by atoms with Gasteiger partial charge in [-0.25, -0.2) is 0 Å². The first-order valence-electron chi connectivity index (χ1n) is 10.4. The summed E-state index contributed by atoms with van der Waals surface area (Å²) in [5.74, 6) is -0.291. The average molecular weight is 404 g/mol. The minimum Gasteiger partial charge on any atom is -0.341 e. The van der Waals surface area contributed by atoms with Crippen molar-refractivity contribution in [2.75, 3.05) is 32.7 Å². The molecule has 0 saturated carbocycles. The van der Waals surface area contributed by atoms with Gasteiger partial charge < -0.3 is 10.2 Å². The van der Waals surface area contributed by atoms with Crippen molar-refractivity contribution in [2.24, 2.45) is 0 Å². The van der Waals surface area contributed by atoms with Crippen molar-refractivity contribution in [2.45, 2.75) is 13.0 Å². The summed E-state index contributed by atoms with van der Waals surface area (Å²) in [4.78, 5) is 28.9. The third-order valence-electron chi connectivity index (χ3n) is 5.11. The molecular weight excluding hydrogens is 374 g/mol. The lowest BCUT2D eigenvalue weighted by molar-refractivity contribution is -0.136. The summed E-state index contributed by atoms with van der Waals surface area (Å²) in [6.45, 7) is 5.63. The lowest BCUT2D eigenvalue weighted by Gasteiger charge is -2.35. The maximum atomic E-state index is 12.7. The van der Waals surface area contributed by atoms with E-state index >= 15 is 0 Å². The van der Waals surface area contributed by atoms with Gasteiger partial charge in [-0.15, -0.1) is 0 Å². The molecule has 0 spiro atoms. The molecule has 1 aliphatic rings. The molecule has 0 bridgehead atoms. The Balaban J connectivity index is 1.40. The Morgan fingerprint density at radius 2 is 1.47 bits per heavy atom. The highest BCUT2D eigenvalue weighted by Gasteiger charge is 2.25. The Hall–Kier alpha value is -3.18. The van der Waals surface area contributed by atoms with Crippen LogP contribution < -0.4 is 5.32 Å². The smallest absolute Gasteiger partial charge is 0.244 e. The van der Waals surface area contributed by atoms with Gasteiger partial charge in [0.25, 0.3) is 0 Å². The third-order valence-corrected chi connectivity index (χ3v) is 5.11. The van der Waals surface area contributed by atoms with Crippen LogP contribution in [0.25, 0.3) is 12.2 Å². The van der Waals surface area contributed by atoms with E-state index in [0.717, 1.165) is 25.2 Å². The van der Waals surface area contributed by atoms with Crippen LogP contribution in [0.5, 0.6) is 0 Å². The second-order valence-electron chi connectivity index (χ2n) is 7.41. The molecule has 0 aliphatic carbocycles. The van der Waals surface area contributed by atoms with Crippen LogP contribution in [0.2, 0.25) is 0 Å². The maximum absolute atomic E-state index is 12.7. The lowest BCUT2D eigenvalue weighted by atomic mass is 10.2. The van der Waals surface area contributed by atoms with Gasteiger partial charge in [0.05, 0.1) is 0 Å². The molecule has 5 heteroatoms. The number of amides is 2. The zero-order valence-corrected chi connectivity index (χ0v) is 17.4. The summed E-state index contributed by atoms with van der Waals surface area (Å²) in [6, 6.07) is 19.3. The second kappa shape index (κ2) is 11.1. The summed E-state index contributed by atoms with van der Waals surface area (Å²) in [7, 11) is 0. The molecular formula is C25H29N3O2. The van der Waals surface area contributed by atoms with Crippen molar-refractivity contribution < 1.29 is 9.59 Å². The van der Waals surface area contributed by atoms with Crippen molar-refractivity contribution in [1.29, 1.82) is 0 Å². The van der Waals surface area contributed by atoms with Gasteiger partial charge in [0.1, 0.15) is 6.04 Å². The SMILES string of the molecule is CC(NC(=O)C=Cc1ccccc1)C(=O)N1CCN(CC=Cc2ccccc2)CC1. The summed E-state index contributed by atoms with van der Waals surface area (Å²) in [6.07, 6.45) is 7.50. The molecule has 0 radical (unpaired) electrons. The molecule has 1 heterocycles. The number of piperazine rings is 1. The molecule has 1 fully saturated rings. The quantitative estimate of drug-likeness (QED) is 0.723. The predicted octanol–water partition coefficient (Wildman–Crippen LogP) is 3.06. The van der Waals surface area contributed by atoms with Gasteiger partial charge >= 0.3 is 0 Å². The van der Waals surface area contributed by atoms with E-state index in [4.69, 9.17) is 0 Å². The number of rotatable bonds is 7. The standard InChI is InChI=1S/C25H29N3O2/c1-21(26-24(29)15-14-23-11-6-3-7-12-23)25(30)28-19-17-27(18-20-28)16-8-13-22-9-4-2-5-10-22/h2-15,21H,16-20H2,1H3,(H,26,29). The number of carbonyl (C=O) groups excluding carboxylic acids is 2. The number of carbonyl (C=O) groups is 2. The van der Waals surface area contributed by atoms with Gasteiger partial charge in [0.2, 0.25) is 11.8 Å². The third kappa shape index (κ3) is 6.71. The van der Waals surface area contributed by atoms with Crippen molar-refractivity contribution in [3.05, 3.63) is 83.9 Å². The zero-order valence-electron chi connectivity index (χ0n) is 17.4. The Morgan fingerprint density at radius 3 is 2.07 bits per heavy atom. The Labute approximate surface area is 178 Å². The monoisotopic (exact) mass is 403 g/mol. The molecule has 5 nitrogen and oxygen atoms in total. The van der Waals surface area contributed by atoms with Crippen LogP contribution in [0.3, 0.4) is 0 Å². The minimum absolute atomic E-state index is 0.0315. The number of benzene rings is 2. The normalized spacial score (nSPS) is 16.1. The van der Waals surface area contributed by atoms with Gasteiger partial charge in [0, 0.05) is 38.8 Å². The van der Waals surface area contributed by atoms with Crippen LogP contribution in [-0.2, 0) is 9.59 Å². The number of nitrogens with one attached hydrogen (secondary N) is 1. The Bertz CT molecular complexity index is 870. The summed E-state index contributed by atoms with van der Waals surface area (Å²) >= 11 is 0. The van der Waals surface area contributed by atoms with E-state index in [0.29, 0.717) is 13.1 Å². The molecule has 2 amide bonds. The van der Waals surface area contributed by atoms with E-state index < -0.39 is 6.04 Å². The molecule has 1 aliphatic heterocycles. The fraction of sp³-hybridized carbons (Fsp3) is 0.280. The van der Waals surface area contributed by atoms with Gasteiger partial charge in [0.15, 0.2) is 0 Å². The van der Waals surface area contributed by atoms with E-state index in [9.17, 15) is 9.59 Å². The molecule has 1 N–H and O–H groups in total. The fourth-order valence-corrected chi connectivity index (χ4v) is 3.39. The Morgan fingerprint density at radius 1 is 0.900 bits per heavy atom. The van der Waals surface area contributed by atoms with Crippen LogP contribution in [-0.4, -0.2) is 60.4 Å². The van der Waals surface area contributed by atoms with Crippen molar-refractivity contribution in [3.8, 4) is 0 Å². The summed E-state index contributed by atoms with van der Waals surface area (Å²) in [5, 5.41) is 2.77. The molecule has 2 aromatic carbocycles. The Kier molecular flexibility index (Phi) is 7.98. The van der Waals surface area contributed by atoms with E-state index in [-0.39, 0.29) is 11.8 Å². The van der Waals surface area contributed by atoms with Crippen molar-refractivity contribution >= 4 is 24.0 Å². The minimum atomic E-state index is -0.539. The maximum Gasteiger partial charge on any atom is 0.244 e. The van der Waals surface area contributed by atoms with Gasteiger partial charge in [-0.1, -0.05) is 72.8 Å². The molecule has 2 aromatic rings. The summed E-state index contributed by atoms with van der Waals surface area (Å²) < 4.78 is 0. The summed E-state index contributed by atoms with van der Waals surface area (Å²) in [5.41, 5.74) is 2.14. The van der Waals surface area contributed by atoms with Crippen LogP contribution in [0, 0.1) is 0 Å². The largest absolute Gasteiger partial charge is 0.341 e. The topological polar surface area (TPSA) is 52.7 Å². The average Bonchev–Trinajstić information content (AvgIpc) is 2.79. The van der Waals surface area contributed by atoms with Crippen molar-refractivity contribution in [1.82, 2.24) is 15.1 Å². The highest BCUT2D eigenvalue weighted by atomic mass is 16.2. The van der Waals surface area contributed by atoms with Crippen LogP contribution in [0.4, 0.5) is 0 Å². The van der Waals surface area contributed by atoms with Crippen molar-refractivity contribution in [3.63, 3.8) is 0 Å². The second-order valence-corrected chi connectivity index (χ2v) is 7.41.